The molecule has 0 spiro atoms. The van der Waals surface area contributed by atoms with E-state index < -0.39 is 0 Å². The summed E-state index contributed by atoms with van der Waals surface area (Å²) in [6.07, 6.45) is 13.1. The van der Waals surface area contributed by atoms with Gasteiger partial charge in [-0.15, -0.1) is 10.2 Å². The summed E-state index contributed by atoms with van der Waals surface area (Å²) < 4.78 is 0. The summed E-state index contributed by atoms with van der Waals surface area (Å²) in [7, 11) is 2.09. The van der Waals surface area contributed by atoms with E-state index in [1.54, 1.807) is 12.5 Å². The zero-order valence-electron chi connectivity index (χ0n) is 17.9. The Morgan fingerprint density at radius 1 is 0.938 bits per heavy atom. The van der Waals surface area contributed by atoms with E-state index in [0.717, 1.165) is 46.3 Å². The number of nitrogens with zero attached hydrogens (tertiary/aromatic N) is 7. The van der Waals surface area contributed by atoms with Gasteiger partial charge < -0.3 is 10.2 Å². The van der Waals surface area contributed by atoms with Crippen LogP contribution in [-0.4, -0.2) is 60.5 Å². The number of fused-ring (bicyclic) bond motifs is 3. The van der Waals surface area contributed by atoms with Crippen LogP contribution in [0.5, 0.6) is 0 Å². The lowest BCUT2D eigenvalue weighted by atomic mass is 9.83. The van der Waals surface area contributed by atoms with E-state index in [1.165, 1.54) is 19.3 Å². The van der Waals surface area contributed by atoms with E-state index in [1.807, 2.05) is 30.6 Å². The summed E-state index contributed by atoms with van der Waals surface area (Å²) in [6, 6.07) is 7.62. The molecule has 1 unspecified atom stereocenters. The second-order valence-corrected chi connectivity index (χ2v) is 8.78. The SMILES string of the molecule is CN(c1ncc(-c2ccc(-c3ccncn3)c3[nH]ncc23)nn1)C1C[C@H]2CCC[C@@H](C1)N2. The van der Waals surface area contributed by atoms with Crippen LogP contribution in [0.15, 0.2) is 43.1 Å². The van der Waals surface area contributed by atoms with Crippen molar-refractivity contribution < 1.29 is 0 Å². The Labute approximate surface area is 185 Å². The van der Waals surface area contributed by atoms with Crippen LogP contribution < -0.4 is 10.2 Å². The molecule has 2 aliphatic heterocycles. The molecule has 2 N–H and O–H groups in total. The van der Waals surface area contributed by atoms with Crippen molar-refractivity contribution in [2.24, 2.45) is 0 Å². The summed E-state index contributed by atoms with van der Waals surface area (Å²) in [6.45, 7) is 0. The normalized spacial score (nSPS) is 22.7. The highest BCUT2D eigenvalue weighted by Gasteiger charge is 2.33. The predicted molar refractivity (Wildman–Crippen MR) is 122 cm³/mol. The molecule has 0 saturated carbocycles. The van der Waals surface area contributed by atoms with E-state index >= 15 is 0 Å². The average molecular weight is 428 g/mol. The molecule has 1 aromatic carbocycles. The number of benzene rings is 1. The standard InChI is InChI=1S/C23H25N9/c1-32(16-9-14-3-2-4-15(10-16)28-14)23-25-12-21(29-31-23)17-5-6-18(20-7-8-24-13-26-20)22-19(17)11-27-30-22/h5-8,11-16,28H,2-4,9-10H2,1H3,(H,27,30)/t14-,15+,16?. The number of hydrogen-bond acceptors (Lipinski definition) is 8. The summed E-state index contributed by atoms with van der Waals surface area (Å²) >= 11 is 0. The number of anilines is 1. The smallest absolute Gasteiger partial charge is 0.245 e. The Kier molecular flexibility index (Phi) is 4.75. The molecule has 3 aromatic heterocycles. The maximum Gasteiger partial charge on any atom is 0.245 e. The van der Waals surface area contributed by atoms with Crippen LogP contribution in [-0.2, 0) is 0 Å². The van der Waals surface area contributed by atoms with Crippen LogP contribution in [0.1, 0.15) is 32.1 Å². The van der Waals surface area contributed by atoms with Gasteiger partial charge in [-0.05, 0) is 37.8 Å². The van der Waals surface area contributed by atoms with E-state index in [4.69, 9.17) is 0 Å². The van der Waals surface area contributed by atoms with Crippen molar-refractivity contribution in [2.75, 3.05) is 11.9 Å². The minimum absolute atomic E-state index is 0.451. The van der Waals surface area contributed by atoms with Gasteiger partial charge in [-0.3, -0.25) is 5.10 Å². The highest BCUT2D eigenvalue weighted by Crippen LogP contribution is 2.33. The van der Waals surface area contributed by atoms with Gasteiger partial charge in [0.05, 0.1) is 23.6 Å². The van der Waals surface area contributed by atoms with Crippen LogP contribution >= 0.6 is 0 Å². The van der Waals surface area contributed by atoms with Gasteiger partial charge in [-0.1, -0.05) is 12.5 Å². The van der Waals surface area contributed by atoms with Crippen LogP contribution in [0.2, 0.25) is 0 Å². The lowest BCUT2D eigenvalue weighted by Crippen LogP contribution is -2.54. The number of piperidine rings is 2. The molecular weight excluding hydrogens is 402 g/mol. The number of aromatic amines is 1. The second-order valence-electron chi connectivity index (χ2n) is 8.78. The Balaban J connectivity index is 1.28. The van der Waals surface area contributed by atoms with Gasteiger partial charge in [0.25, 0.3) is 0 Å². The number of aromatic nitrogens is 7. The molecule has 0 amide bonds. The largest absolute Gasteiger partial charge is 0.339 e. The van der Waals surface area contributed by atoms with Gasteiger partial charge in [0, 0.05) is 47.9 Å². The summed E-state index contributed by atoms with van der Waals surface area (Å²) in [5.74, 6) is 0.680. The van der Waals surface area contributed by atoms with Crippen molar-refractivity contribution >= 4 is 16.9 Å². The Hall–Kier alpha value is -3.46. The number of nitrogens with one attached hydrogen (secondary N) is 2. The third kappa shape index (κ3) is 3.38. The highest BCUT2D eigenvalue weighted by atomic mass is 15.3. The molecule has 4 aromatic rings. The zero-order valence-corrected chi connectivity index (χ0v) is 17.9. The first-order valence-electron chi connectivity index (χ1n) is 11.2. The molecule has 0 radical (unpaired) electrons. The monoisotopic (exact) mass is 427 g/mol. The minimum atomic E-state index is 0.451. The van der Waals surface area contributed by atoms with Gasteiger partial charge in [0.1, 0.15) is 12.0 Å². The molecule has 9 heteroatoms. The lowest BCUT2D eigenvalue weighted by molar-refractivity contribution is 0.218. The Morgan fingerprint density at radius 2 is 1.78 bits per heavy atom. The van der Waals surface area contributed by atoms with Crippen LogP contribution in [0.3, 0.4) is 0 Å². The Morgan fingerprint density at radius 3 is 2.53 bits per heavy atom. The molecule has 32 heavy (non-hydrogen) atoms. The van der Waals surface area contributed by atoms with E-state index in [9.17, 15) is 0 Å². The summed E-state index contributed by atoms with van der Waals surface area (Å²) in [4.78, 5) is 15.3. The molecule has 2 bridgehead atoms. The predicted octanol–water partition coefficient (Wildman–Crippen LogP) is 2.98. The van der Waals surface area contributed by atoms with Crippen molar-refractivity contribution in [3.05, 3.63) is 43.1 Å². The lowest BCUT2D eigenvalue weighted by Gasteiger charge is -2.43. The molecule has 9 nitrogen and oxygen atoms in total. The quantitative estimate of drug-likeness (QED) is 0.512. The molecule has 6 rings (SSSR count). The first kappa shape index (κ1) is 19.2. The second kappa shape index (κ2) is 7.90. The highest BCUT2D eigenvalue weighted by molar-refractivity contribution is 6.01. The first-order valence-corrected chi connectivity index (χ1v) is 11.2. The van der Waals surface area contributed by atoms with Gasteiger partial charge >= 0.3 is 0 Å². The van der Waals surface area contributed by atoms with Crippen molar-refractivity contribution in [1.29, 1.82) is 0 Å². The van der Waals surface area contributed by atoms with Crippen LogP contribution in [0.25, 0.3) is 33.4 Å². The fourth-order valence-corrected chi connectivity index (χ4v) is 5.19. The molecule has 5 heterocycles. The van der Waals surface area contributed by atoms with Gasteiger partial charge in [0.15, 0.2) is 0 Å². The molecule has 2 aliphatic rings. The number of rotatable bonds is 4. The van der Waals surface area contributed by atoms with E-state index in [-0.39, 0.29) is 0 Å². The van der Waals surface area contributed by atoms with Crippen molar-refractivity contribution in [3.63, 3.8) is 0 Å². The fraction of sp³-hybridized carbons (Fsp3) is 0.391. The number of H-pyrrole nitrogens is 1. The van der Waals surface area contributed by atoms with Gasteiger partial charge in [-0.2, -0.15) is 5.10 Å². The van der Waals surface area contributed by atoms with Crippen LogP contribution in [0.4, 0.5) is 5.95 Å². The van der Waals surface area contributed by atoms with Crippen molar-refractivity contribution in [2.45, 2.75) is 50.2 Å². The zero-order chi connectivity index (χ0) is 21.5. The van der Waals surface area contributed by atoms with Gasteiger partial charge in [-0.25, -0.2) is 15.0 Å². The van der Waals surface area contributed by atoms with E-state index in [2.05, 4.69) is 52.6 Å². The molecule has 162 valence electrons. The first-order chi connectivity index (χ1) is 15.8. The Bertz CT molecular complexity index is 1210. The minimum Gasteiger partial charge on any atom is -0.339 e. The molecular formula is C23H25N9. The van der Waals surface area contributed by atoms with Crippen molar-refractivity contribution in [1.82, 2.24) is 40.7 Å². The summed E-state index contributed by atoms with van der Waals surface area (Å²) in [5, 5.41) is 21.1. The maximum absolute atomic E-state index is 4.68. The third-order valence-electron chi connectivity index (χ3n) is 6.85. The molecule has 2 saturated heterocycles. The van der Waals surface area contributed by atoms with E-state index in [0.29, 0.717) is 24.1 Å². The number of hydrogen-bond donors (Lipinski definition) is 2. The van der Waals surface area contributed by atoms with Crippen molar-refractivity contribution in [3.8, 4) is 22.5 Å². The maximum atomic E-state index is 4.68. The average Bonchev–Trinajstić information content (AvgIpc) is 3.33. The van der Waals surface area contributed by atoms with Crippen LogP contribution in [0, 0.1) is 0 Å². The fourth-order valence-electron chi connectivity index (χ4n) is 5.19. The third-order valence-corrected chi connectivity index (χ3v) is 6.85. The molecule has 2 fully saturated rings. The summed E-state index contributed by atoms with van der Waals surface area (Å²) in [5.41, 5.74) is 4.39. The van der Waals surface area contributed by atoms with Gasteiger partial charge in [0.2, 0.25) is 5.95 Å². The molecule has 3 atom stereocenters. The molecule has 0 aliphatic carbocycles. The topological polar surface area (TPSA) is 108 Å².